The van der Waals surface area contributed by atoms with Gasteiger partial charge < -0.3 is 9.47 Å². The van der Waals surface area contributed by atoms with Crippen LogP contribution >= 0.6 is 0 Å². The van der Waals surface area contributed by atoms with Crippen LogP contribution in [0.25, 0.3) is 5.76 Å². The molecule has 2 aliphatic heterocycles. The Balaban J connectivity index is 1.87. The molecular weight excluding hydrogens is 298 g/mol. The third-order valence-corrected chi connectivity index (χ3v) is 4.85. The highest BCUT2D eigenvalue weighted by Crippen LogP contribution is 2.47. The van der Waals surface area contributed by atoms with Crippen LogP contribution in [0, 0.1) is 17.2 Å². The monoisotopic (exact) mass is 317 g/mol. The number of hydrogen-bond donors (Lipinski definition) is 0. The first-order chi connectivity index (χ1) is 11.9. The molecule has 1 saturated heterocycles. The van der Waals surface area contributed by atoms with Gasteiger partial charge in [0.1, 0.15) is 5.76 Å². The average molecular weight is 317 g/mol. The second-order valence-corrected chi connectivity index (χ2v) is 6.27. The minimum absolute atomic E-state index is 0.0189. The smallest absolute Gasteiger partial charge is 0.203 e. The van der Waals surface area contributed by atoms with Crippen molar-refractivity contribution in [3.63, 3.8) is 0 Å². The van der Waals surface area contributed by atoms with Crippen molar-refractivity contribution in [3.8, 4) is 6.07 Å². The molecule has 2 heterocycles. The largest absolute Gasteiger partial charge is 0.463 e. The van der Waals surface area contributed by atoms with E-state index in [9.17, 15) is 5.26 Å². The third-order valence-electron chi connectivity index (χ3n) is 4.85. The highest BCUT2D eigenvalue weighted by molar-refractivity contribution is 5.70. The number of ether oxygens (including phenoxy) is 2. The Bertz CT molecular complexity index is 776. The fourth-order valence-corrected chi connectivity index (χ4v) is 3.77. The van der Waals surface area contributed by atoms with E-state index in [0.717, 1.165) is 24.0 Å². The predicted molar refractivity (Wildman–Crippen MR) is 91.7 cm³/mol. The standard InChI is InChI=1S/C21H19NO2/c22-14-18-19(15-8-3-1-4-9-15)17-12-7-13-23-21(17)24-20(18)16-10-5-2-6-11-16/h1-6,8-11,17,19,21H,7,12-13H2/t17-,19-,21+/m0/s1. The second-order valence-electron chi connectivity index (χ2n) is 6.27. The number of nitrogens with zero attached hydrogens (tertiary/aromatic N) is 1. The molecule has 1 fully saturated rings. The summed E-state index contributed by atoms with van der Waals surface area (Å²) in [6.45, 7) is 0.715. The molecule has 0 aromatic heterocycles. The fraction of sp³-hybridized carbons (Fsp3) is 0.286. The van der Waals surface area contributed by atoms with Gasteiger partial charge in [0.15, 0.2) is 0 Å². The Morgan fingerprint density at radius 1 is 0.958 bits per heavy atom. The van der Waals surface area contributed by atoms with Crippen LogP contribution in [0.5, 0.6) is 0 Å². The molecule has 24 heavy (non-hydrogen) atoms. The molecule has 0 spiro atoms. The van der Waals surface area contributed by atoms with Crippen molar-refractivity contribution in [2.45, 2.75) is 25.0 Å². The average Bonchev–Trinajstić information content (AvgIpc) is 2.67. The molecule has 3 atom stereocenters. The van der Waals surface area contributed by atoms with Crippen LogP contribution in [0.2, 0.25) is 0 Å². The summed E-state index contributed by atoms with van der Waals surface area (Å²) in [6, 6.07) is 22.6. The lowest BCUT2D eigenvalue weighted by Crippen LogP contribution is -2.39. The number of rotatable bonds is 2. The summed E-state index contributed by atoms with van der Waals surface area (Å²) >= 11 is 0. The van der Waals surface area contributed by atoms with Crippen molar-refractivity contribution in [2.24, 2.45) is 5.92 Å². The van der Waals surface area contributed by atoms with Crippen LogP contribution in [-0.4, -0.2) is 12.9 Å². The molecule has 0 unspecified atom stereocenters. The molecule has 120 valence electrons. The van der Waals surface area contributed by atoms with Gasteiger partial charge in [-0.1, -0.05) is 60.7 Å². The number of fused-ring (bicyclic) bond motifs is 1. The molecule has 3 nitrogen and oxygen atoms in total. The van der Waals surface area contributed by atoms with E-state index in [1.54, 1.807) is 0 Å². The van der Waals surface area contributed by atoms with Crippen LogP contribution in [-0.2, 0) is 9.47 Å². The lowest BCUT2D eigenvalue weighted by molar-refractivity contribution is -0.166. The molecule has 2 aromatic carbocycles. The first-order valence-electron chi connectivity index (χ1n) is 8.41. The zero-order chi connectivity index (χ0) is 16.4. The zero-order valence-corrected chi connectivity index (χ0v) is 13.4. The van der Waals surface area contributed by atoms with Crippen molar-refractivity contribution in [2.75, 3.05) is 6.61 Å². The van der Waals surface area contributed by atoms with Crippen LogP contribution in [0.4, 0.5) is 0 Å². The normalized spacial score (nSPS) is 26.2. The first kappa shape index (κ1) is 15.0. The highest BCUT2D eigenvalue weighted by Gasteiger charge is 2.43. The van der Waals surface area contributed by atoms with E-state index in [2.05, 4.69) is 18.2 Å². The van der Waals surface area contributed by atoms with Crippen molar-refractivity contribution in [1.82, 2.24) is 0 Å². The van der Waals surface area contributed by atoms with Crippen molar-refractivity contribution in [1.29, 1.82) is 5.26 Å². The van der Waals surface area contributed by atoms with E-state index in [1.807, 2.05) is 48.5 Å². The maximum absolute atomic E-state index is 9.92. The van der Waals surface area contributed by atoms with E-state index in [-0.39, 0.29) is 18.1 Å². The Morgan fingerprint density at radius 2 is 1.67 bits per heavy atom. The van der Waals surface area contributed by atoms with Gasteiger partial charge >= 0.3 is 0 Å². The summed E-state index contributed by atoms with van der Waals surface area (Å²) in [5, 5.41) is 9.92. The van der Waals surface area contributed by atoms with Crippen LogP contribution < -0.4 is 0 Å². The predicted octanol–water partition coefficient (Wildman–Crippen LogP) is 4.49. The van der Waals surface area contributed by atoms with Gasteiger partial charge in [0.2, 0.25) is 6.29 Å². The van der Waals surface area contributed by atoms with Crippen LogP contribution in [0.1, 0.15) is 29.9 Å². The van der Waals surface area contributed by atoms with Gasteiger partial charge in [-0.25, -0.2) is 0 Å². The maximum atomic E-state index is 9.92. The third kappa shape index (κ3) is 2.60. The summed E-state index contributed by atoms with van der Waals surface area (Å²) in [7, 11) is 0. The first-order valence-corrected chi connectivity index (χ1v) is 8.41. The molecular formula is C21H19NO2. The van der Waals surface area contributed by atoms with Gasteiger partial charge in [-0.05, 0) is 18.4 Å². The lowest BCUT2D eigenvalue weighted by atomic mass is 9.75. The van der Waals surface area contributed by atoms with Gasteiger partial charge in [-0.2, -0.15) is 5.26 Å². The Kier molecular flexibility index (Phi) is 4.06. The van der Waals surface area contributed by atoms with Crippen LogP contribution in [0.3, 0.4) is 0 Å². The van der Waals surface area contributed by atoms with Gasteiger partial charge in [0.05, 0.1) is 18.2 Å². The minimum Gasteiger partial charge on any atom is -0.463 e. The van der Waals surface area contributed by atoms with Gasteiger partial charge in [0, 0.05) is 17.4 Å². The summed E-state index contributed by atoms with van der Waals surface area (Å²) < 4.78 is 12.1. The number of allylic oxidation sites excluding steroid dienone is 1. The Hall–Kier alpha value is -2.57. The lowest BCUT2D eigenvalue weighted by Gasteiger charge is -2.41. The molecule has 4 rings (SSSR count). The van der Waals surface area contributed by atoms with E-state index in [1.165, 1.54) is 0 Å². The van der Waals surface area contributed by atoms with E-state index >= 15 is 0 Å². The van der Waals surface area contributed by atoms with Crippen LogP contribution in [0.15, 0.2) is 66.2 Å². The molecule has 0 bridgehead atoms. The van der Waals surface area contributed by atoms with E-state index in [0.29, 0.717) is 17.9 Å². The minimum atomic E-state index is -0.281. The van der Waals surface area contributed by atoms with Gasteiger partial charge in [-0.3, -0.25) is 0 Å². The Morgan fingerprint density at radius 3 is 2.38 bits per heavy atom. The second kappa shape index (κ2) is 6.51. The molecule has 0 N–H and O–H groups in total. The summed E-state index contributed by atoms with van der Waals surface area (Å²) in [5.41, 5.74) is 2.80. The van der Waals surface area contributed by atoms with Crippen molar-refractivity contribution in [3.05, 3.63) is 77.4 Å². The highest BCUT2D eigenvalue weighted by atomic mass is 16.7. The molecule has 2 aromatic rings. The summed E-state index contributed by atoms with van der Waals surface area (Å²) in [6.07, 6.45) is 1.74. The SMILES string of the molecule is N#CC1=C(c2ccccc2)O[C@H]2OCCC[C@H]2[C@@H]1c1ccccc1. The molecule has 0 aliphatic carbocycles. The summed E-state index contributed by atoms with van der Waals surface area (Å²) in [4.78, 5) is 0. The fourth-order valence-electron chi connectivity index (χ4n) is 3.77. The van der Waals surface area contributed by atoms with Gasteiger partial charge in [-0.15, -0.1) is 0 Å². The van der Waals surface area contributed by atoms with Crippen molar-refractivity contribution >= 4 is 5.76 Å². The number of nitriles is 1. The maximum Gasteiger partial charge on any atom is 0.203 e. The van der Waals surface area contributed by atoms with E-state index < -0.39 is 0 Å². The number of hydrogen-bond acceptors (Lipinski definition) is 3. The molecule has 0 amide bonds. The molecule has 3 heteroatoms. The topological polar surface area (TPSA) is 42.2 Å². The zero-order valence-electron chi connectivity index (χ0n) is 13.4. The number of benzene rings is 2. The molecule has 0 radical (unpaired) electrons. The Labute approximate surface area is 142 Å². The van der Waals surface area contributed by atoms with Crippen molar-refractivity contribution < 1.29 is 9.47 Å². The summed E-state index contributed by atoms with van der Waals surface area (Å²) in [5.74, 6) is 0.865. The van der Waals surface area contributed by atoms with E-state index in [4.69, 9.17) is 9.47 Å². The van der Waals surface area contributed by atoms with Gasteiger partial charge in [0.25, 0.3) is 0 Å². The molecule has 2 aliphatic rings. The quantitative estimate of drug-likeness (QED) is 0.819. The molecule has 0 saturated carbocycles.